The van der Waals surface area contributed by atoms with E-state index in [0.29, 0.717) is 5.56 Å². The highest BCUT2D eigenvalue weighted by molar-refractivity contribution is 6.17. The van der Waals surface area contributed by atoms with Crippen molar-refractivity contribution in [2.45, 2.75) is 5.88 Å². The predicted molar refractivity (Wildman–Crippen MR) is 60.5 cm³/mol. The number of ether oxygens (including phenoxy) is 2. The van der Waals surface area contributed by atoms with Gasteiger partial charge in [0, 0.05) is 11.9 Å². The van der Waals surface area contributed by atoms with Crippen LogP contribution in [0.4, 0.5) is 5.69 Å². The van der Waals surface area contributed by atoms with Crippen LogP contribution in [-0.4, -0.2) is 25.1 Å². The van der Waals surface area contributed by atoms with E-state index in [1.165, 1.54) is 20.3 Å². The fourth-order valence-corrected chi connectivity index (χ4v) is 1.57. The summed E-state index contributed by atoms with van der Waals surface area (Å²) in [5.74, 6) is -0.628. The van der Waals surface area contributed by atoms with E-state index in [0.717, 1.165) is 6.07 Å². The maximum absolute atomic E-state index is 11.5. The lowest BCUT2D eigenvalue weighted by Gasteiger charge is -2.10. The molecule has 0 heterocycles. The minimum Gasteiger partial charge on any atom is -0.496 e. The van der Waals surface area contributed by atoms with Crippen molar-refractivity contribution in [3.8, 4) is 5.75 Å². The number of hydrogen-bond acceptors (Lipinski definition) is 5. The lowest BCUT2D eigenvalue weighted by molar-refractivity contribution is -0.385. The number of methoxy groups -OCH3 is 2. The van der Waals surface area contributed by atoms with Crippen molar-refractivity contribution in [1.82, 2.24) is 0 Å². The molecule has 7 heteroatoms. The molecule has 1 aromatic rings. The van der Waals surface area contributed by atoms with Gasteiger partial charge in [-0.25, -0.2) is 4.79 Å². The standard InChI is InChI=1S/C10H10ClNO5/c1-16-8-4-7(12(14)15)3-6(5-11)9(8)10(13)17-2/h3-4H,5H2,1-2H3. The molecule has 0 saturated heterocycles. The zero-order valence-corrected chi connectivity index (χ0v) is 9.98. The minimum atomic E-state index is -0.646. The van der Waals surface area contributed by atoms with Gasteiger partial charge in [0.1, 0.15) is 11.3 Å². The molecule has 0 aromatic heterocycles. The fraction of sp³-hybridized carbons (Fsp3) is 0.300. The highest BCUT2D eigenvalue weighted by Crippen LogP contribution is 2.30. The van der Waals surface area contributed by atoms with E-state index in [2.05, 4.69) is 4.74 Å². The lowest BCUT2D eigenvalue weighted by atomic mass is 10.1. The van der Waals surface area contributed by atoms with E-state index in [1.54, 1.807) is 0 Å². The number of esters is 1. The van der Waals surface area contributed by atoms with Crippen molar-refractivity contribution < 1.29 is 19.2 Å². The molecule has 0 amide bonds. The Bertz CT molecular complexity index is 435. The Morgan fingerprint density at radius 1 is 1.47 bits per heavy atom. The van der Waals surface area contributed by atoms with Gasteiger partial charge in [0.2, 0.25) is 0 Å². The van der Waals surface area contributed by atoms with Crippen LogP contribution in [0, 0.1) is 10.1 Å². The fourth-order valence-electron chi connectivity index (χ4n) is 1.36. The molecule has 0 unspecified atom stereocenters. The summed E-state index contributed by atoms with van der Waals surface area (Å²) in [5, 5.41) is 10.7. The Balaban J connectivity index is 3.46. The zero-order valence-electron chi connectivity index (χ0n) is 9.23. The van der Waals surface area contributed by atoms with Gasteiger partial charge in [0.15, 0.2) is 0 Å². The molecular weight excluding hydrogens is 250 g/mol. The summed E-state index contributed by atoms with van der Waals surface area (Å²) in [6.07, 6.45) is 0. The lowest BCUT2D eigenvalue weighted by Crippen LogP contribution is -2.08. The van der Waals surface area contributed by atoms with Gasteiger partial charge in [-0.05, 0) is 5.56 Å². The number of non-ortho nitro benzene ring substituents is 1. The minimum absolute atomic E-state index is 0.0531. The van der Waals surface area contributed by atoms with Gasteiger partial charge in [0.25, 0.3) is 5.69 Å². The molecule has 0 atom stereocenters. The van der Waals surface area contributed by atoms with Crippen molar-refractivity contribution in [1.29, 1.82) is 0 Å². The van der Waals surface area contributed by atoms with Crippen LogP contribution in [0.25, 0.3) is 0 Å². The van der Waals surface area contributed by atoms with Crippen LogP contribution in [0.2, 0.25) is 0 Å². The maximum Gasteiger partial charge on any atom is 0.341 e. The molecule has 6 nitrogen and oxygen atoms in total. The van der Waals surface area contributed by atoms with Crippen molar-refractivity contribution in [3.05, 3.63) is 33.4 Å². The van der Waals surface area contributed by atoms with Crippen LogP contribution >= 0.6 is 11.6 Å². The van der Waals surface area contributed by atoms with E-state index < -0.39 is 10.9 Å². The van der Waals surface area contributed by atoms with Crippen LogP contribution in [0.15, 0.2) is 12.1 Å². The highest BCUT2D eigenvalue weighted by atomic mass is 35.5. The molecule has 17 heavy (non-hydrogen) atoms. The van der Waals surface area contributed by atoms with E-state index in [1.807, 2.05) is 0 Å². The third-order valence-electron chi connectivity index (χ3n) is 2.13. The summed E-state index contributed by atoms with van der Waals surface area (Å²) in [5.41, 5.74) is 0.213. The van der Waals surface area contributed by atoms with Crippen LogP contribution in [0.5, 0.6) is 5.75 Å². The smallest absolute Gasteiger partial charge is 0.341 e. The number of carbonyl (C=O) groups excluding carboxylic acids is 1. The molecule has 0 radical (unpaired) electrons. The first-order valence-electron chi connectivity index (χ1n) is 4.54. The second-order valence-electron chi connectivity index (χ2n) is 3.06. The summed E-state index contributed by atoms with van der Waals surface area (Å²) >= 11 is 5.65. The molecule has 0 aliphatic carbocycles. The molecule has 0 saturated carbocycles. The van der Waals surface area contributed by atoms with Crippen LogP contribution in [0.1, 0.15) is 15.9 Å². The summed E-state index contributed by atoms with van der Waals surface area (Å²) in [4.78, 5) is 21.6. The van der Waals surface area contributed by atoms with E-state index >= 15 is 0 Å². The normalized spacial score (nSPS) is 9.82. The summed E-state index contributed by atoms with van der Waals surface area (Å²) < 4.78 is 9.51. The van der Waals surface area contributed by atoms with E-state index in [9.17, 15) is 14.9 Å². The van der Waals surface area contributed by atoms with Crippen molar-refractivity contribution in [3.63, 3.8) is 0 Å². The average Bonchev–Trinajstić information content (AvgIpc) is 2.35. The first kappa shape index (κ1) is 13.2. The summed E-state index contributed by atoms with van der Waals surface area (Å²) in [6, 6.07) is 2.38. The van der Waals surface area contributed by atoms with Gasteiger partial charge in [-0.1, -0.05) is 0 Å². The zero-order chi connectivity index (χ0) is 13.0. The maximum atomic E-state index is 11.5. The number of alkyl halides is 1. The topological polar surface area (TPSA) is 78.7 Å². The number of benzene rings is 1. The number of halogens is 1. The Labute approximate surface area is 102 Å². The van der Waals surface area contributed by atoms with Crippen molar-refractivity contribution in [2.24, 2.45) is 0 Å². The monoisotopic (exact) mass is 259 g/mol. The van der Waals surface area contributed by atoms with E-state index in [4.69, 9.17) is 16.3 Å². The largest absolute Gasteiger partial charge is 0.496 e. The van der Waals surface area contributed by atoms with Crippen molar-refractivity contribution >= 4 is 23.3 Å². The van der Waals surface area contributed by atoms with Gasteiger partial charge in [-0.2, -0.15) is 0 Å². The molecular formula is C10H10ClNO5. The first-order valence-corrected chi connectivity index (χ1v) is 5.08. The number of carbonyl (C=O) groups is 1. The SMILES string of the molecule is COC(=O)c1c(CCl)cc([N+](=O)[O-])cc1OC. The second-order valence-corrected chi connectivity index (χ2v) is 3.33. The number of hydrogen-bond donors (Lipinski definition) is 0. The number of nitro groups is 1. The molecule has 1 rings (SSSR count). The molecule has 0 aliphatic heterocycles. The van der Waals surface area contributed by atoms with E-state index in [-0.39, 0.29) is 22.9 Å². The predicted octanol–water partition coefficient (Wildman–Crippen LogP) is 2.13. The molecule has 1 aromatic carbocycles. The average molecular weight is 260 g/mol. The summed E-state index contributed by atoms with van der Waals surface area (Å²) in [7, 11) is 2.52. The quantitative estimate of drug-likeness (QED) is 0.358. The Morgan fingerprint density at radius 2 is 2.12 bits per heavy atom. The molecule has 0 fully saturated rings. The summed E-state index contributed by atoms with van der Waals surface area (Å²) in [6.45, 7) is 0. The van der Waals surface area contributed by atoms with Crippen molar-refractivity contribution in [2.75, 3.05) is 14.2 Å². The molecule has 0 N–H and O–H groups in total. The van der Waals surface area contributed by atoms with Gasteiger partial charge in [-0.3, -0.25) is 10.1 Å². The van der Waals surface area contributed by atoms with Gasteiger partial charge >= 0.3 is 5.97 Å². The number of rotatable bonds is 4. The van der Waals surface area contributed by atoms with Gasteiger partial charge in [0.05, 0.1) is 25.2 Å². The Kier molecular flexibility index (Phi) is 4.28. The highest BCUT2D eigenvalue weighted by Gasteiger charge is 2.22. The number of nitro benzene ring substituents is 1. The van der Waals surface area contributed by atoms with Gasteiger partial charge < -0.3 is 9.47 Å². The second kappa shape index (κ2) is 5.49. The van der Waals surface area contributed by atoms with Crippen LogP contribution in [0.3, 0.4) is 0 Å². The number of nitrogens with zero attached hydrogens (tertiary/aromatic N) is 1. The van der Waals surface area contributed by atoms with Crippen LogP contribution in [-0.2, 0) is 10.6 Å². The molecule has 0 aliphatic rings. The molecule has 0 spiro atoms. The first-order chi connectivity index (χ1) is 8.04. The Hall–Kier alpha value is -1.82. The molecule has 92 valence electrons. The molecule has 0 bridgehead atoms. The Morgan fingerprint density at radius 3 is 2.53 bits per heavy atom. The third kappa shape index (κ3) is 2.65. The third-order valence-corrected chi connectivity index (χ3v) is 2.42. The van der Waals surface area contributed by atoms with Gasteiger partial charge in [-0.15, -0.1) is 11.6 Å². The van der Waals surface area contributed by atoms with Crippen LogP contribution < -0.4 is 4.74 Å².